The summed E-state index contributed by atoms with van der Waals surface area (Å²) in [5, 5.41) is 29.2. The lowest BCUT2D eigenvalue weighted by molar-refractivity contribution is -0.0511. The maximum absolute atomic E-state index is 10.1. The molecule has 1 aliphatic heterocycles. The zero-order valence-electron chi connectivity index (χ0n) is 12.7. The van der Waals surface area contributed by atoms with Crippen LogP contribution in [0.4, 0.5) is 5.95 Å². The molecule has 3 heterocycles. The Balaban J connectivity index is 2.04. The molecule has 0 aliphatic carbocycles. The lowest BCUT2D eigenvalue weighted by Crippen LogP contribution is -2.33. The van der Waals surface area contributed by atoms with Crippen molar-refractivity contribution in [1.82, 2.24) is 19.5 Å². The third-order valence-corrected chi connectivity index (χ3v) is 3.55. The number of aliphatic hydroxyl groups is 3. The Bertz CT molecular complexity index is 705. The molecule has 2 aromatic rings. The average molecular weight is 325 g/mol. The van der Waals surface area contributed by atoms with Crippen molar-refractivity contribution < 1.29 is 24.8 Å². The molecule has 4 atom stereocenters. The van der Waals surface area contributed by atoms with E-state index in [-0.39, 0.29) is 17.9 Å². The number of hydrogen-bond acceptors (Lipinski definition) is 9. The van der Waals surface area contributed by atoms with Crippen LogP contribution in [0.3, 0.4) is 0 Å². The van der Waals surface area contributed by atoms with Gasteiger partial charge in [0.15, 0.2) is 17.4 Å². The van der Waals surface area contributed by atoms with Crippen LogP contribution in [0.25, 0.3) is 11.2 Å². The molecule has 0 spiro atoms. The molecular weight excluding hydrogens is 306 g/mol. The summed E-state index contributed by atoms with van der Waals surface area (Å²) in [5.74, 6) is 0.217. The Labute approximate surface area is 131 Å². The van der Waals surface area contributed by atoms with Gasteiger partial charge in [-0.15, -0.1) is 0 Å². The predicted molar refractivity (Wildman–Crippen MR) is 78.5 cm³/mol. The van der Waals surface area contributed by atoms with E-state index in [0.717, 1.165) is 0 Å². The van der Waals surface area contributed by atoms with Crippen LogP contribution in [0.15, 0.2) is 6.33 Å². The number of ether oxygens (including phenoxy) is 2. The number of hydrogen-bond donors (Lipinski definition) is 4. The van der Waals surface area contributed by atoms with Crippen LogP contribution in [0.5, 0.6) is 5.88 Å². The summed E-state index contributed by atoms with van der Waals surface area (Å²) >= 11 is 0. The number of fused-ring (bicyclic) bond motifs is 1. The summed E-state index contributed by atoms with van der Waals surface area (Å²) in [6, 6.07) is 0. The quantitative estimate of drug-likeness (QED) is 0.544. The van der Waals surface area contributed by atoms with E-state index < -0.39 is 31.1 Å². The number of imidazole rings is 1. The summed E-state index contributed by atoms with van der Waals surface area (Å²) in [6.07, 6.45) is -3.03. The molecule has 0 bridgehead atoms. The highest BCUT2D eigenvalue weighted by atomic mass is 16.6. The minimum Gasteiger partial charge on any atom is -0.473 e. The fourth-order valence-electron chi connectivity index (χ4n) is 2.51. The monoisotopic (exact) mass is 325 g/mol. The van der Waals surface area contributed by atoms with E-state index in [2.05, 4.69) is 15.0 Å². The molecule has 126 valence electrons. The molecule has 3 rings (SSSR count). The standard InChI is InChI=1S/C13H19N5O5/c1-5(2)22-11-7-10(16-13(14)17-11)18(4-15-7)12-9(21)8(20)6(3-19)23-12/h4-6,8-9,12,19-21H,3H2,1-2H3,(H2,14,16,17)/t6-,8-,9-,12-/m1/s1. The van der Waals surface area contributed by atoms with E-state index in [9.17, 15) is 15.3 Å². The van der Waals surface area contributed by atoms with Crippen molar-refractivity contribution in [1.29, 1.82) is 0 Å². The molecule has 0 unspecified atom stereocenters. The summed E-state index contributed by atoms with van der Waals surface area (Å²) in [7, 11) is 0. The van der Waals surface area contributed by atoms with Gasteiger partial charge in [0, 0.05) is 0 Å². The predicted octanol–water partition coefficient (Wildman–Crippen LogP) is -1.19. The van der Waals surface area contributed by atoms with E-state index in [0.29, 0.717) is 11.2 Å². The summed E-state index contributed by atoms with van der Waals surface area (Å²) in [4.78, 5) is 12.3. The van der Waals surface area contributed by atoms with Crippen LogP contribution in [0.1, 0.15) is 20.1 Å². The van der Waals surface area contributed by atoms with Gasteiger partial charge in [0.25, 0.3) is 0 Å². The Morgan fingerprint density at radius 3 is 2.70 bits per heavy atom. The Morgan fingerprint density at radius 2 is 2.09 bits per heavy atom. The van der Waals surface area contributed by atoms with Gasteiger partial charge in [-0.2, -0.15) is 9.97 Å². The van der Waals surface area contributed by atoms with E-state index in [1.807, 2.05) is 13.8 Å². The number of nitrogen functional groups attached to an aromatic ring is 1. The van der Waals surface area contributed by atoms with Crippen molar-refractivity contribution in [3.8, 4) is 5.88 Å². The minimum atomic E-state index is -1.24. The topological polar surface area (TPSA) is 149 Å². The van der Waals surface area contributed by atoms with E-state index in [1.54, 1.807) is 0 Å². The Hall–Kier alpha value is -2.01. The van der Waals surface area contributed by atoms with Crippen LogP contribution in [-0.2, 0) is 4.74 Å². The smallest absolute Gasteiger partial charge is 0.247 e. The number of rotatable bonds is 4. The SMILES string of the molecule is CC(C)Oc1nc(N)nc2c1ncn2[C@@H]1O[C@H](CO)[C@@H](O)[C@H]1O. The molecule has 23 heavy (non-hydrogen) atoms. The fourth-order valence-corrected chi connectivity index (χ4v) is 2.51. The molecular formula is C13H19N5O5. The molecule has 0 saturated carbocycles. The van der Waals surface area contributed by atoms with E-state index in [4.69, 9.17) is 15.2 Å². The summed E-state index contributed by atoms with van der Waals surface area (Å²) in [5.41, 5.74) is 6.38. The molecule has 1 saturated heterocycles. The first-order valence-corrected chi connectivity index (χ1v) is 7.21. The second kappa shape index (κ2) is 5.89. The molecule has 0 aromatic carbocycles. The lowest BCUT2D eigenvalue weighted by Gasteiger charge is -2.16. The van der Waals surface area contributed by atoms with Crippen LogP contribution in [0.2, 0.25) is 0 Å². The van der Waals surface area contributed by atoms with Gasteiger partial charge in [0.2, 0.25) is 11.8 Å². The molecule has 1 fully saturated rings. The maximum atomic E-state index is 10.1. The zero-order valence-corrected chi connectivity index (χ0v) is 12.7. The third-order valence-electron chi connectivity index (χ3n) is 3.55. The van der Waals surface area contributed by atoms with Crippen molar-refractivity contribution in [2.75, 3.05) is 12.3 Å². The molecule has 10 nitrogen and oxygen atoms in total. The van der Waals surface area contributed by atoms with Crippen molar-refractivity contribution in [2.45, 2.75) is 44.5 Å². The highest BCUT2D eigenvalue weighted by molar-refractivity contribution is 5.77. The van der Waals surface area contributed by atoms with E-state index >= 15 is 0 Å². The van der Waals surface area contributed by atoms with Gasteiger partial charge in [-0.3, -0.25) is 4.57 Å². The van der Waals surface area contributed by atoms with Crippen molar-refractivity contribution in [2.24, 2.45) is 0 Å². The maximum Gasteiger partial charge on any atom is 0.247 e. The average Bonchev–Trinajstić information content (AvgIpc) is 3.01. The minimum absolute atomic E-state index is 0.0124. The molecule has 10 heteroatoms. The Kier molecular flexibility index (Phi) is 4.06. The van der Waals surface area contributed by atoms with Crippen LogP contribution >= 0.6 is 0 Å². The first kappa shape index (κ1) is 15.9. The summed E-state index contributed by atoms with van der Waals surface area (Å²) in [6.45, 7) is 3.26. The fraction of sp³-hybridized carbons (Fsp3) is 0.615. The summed E-state index contributed by atoms with van der Waals surface area (Å²) < 4.78 is 12.5. The van der Waals surface area contributed by atoms with Gasteiger partial charge >= 0.3 is 0 Å². The highest BCUT2D eigenvalue weighted by Crippen LogP contribution is 2.33. The second-order valence-electron chi connectivity index (χ2n) is 5.61. The van der Waals surface area contributed by atoms with Crippen molar-refractivity contribution in [3.63, 3.8) is 0 Å². The molecule has 1 aliphatic rings. The van der Waals surface area contributed by atoms with E-state index in [1.165, 1.54) is 10.9 Å². The van der Waals surface area contributed by atoms with Gasteiger partial charge < -0.3 is 30.5 Å². The number of nitrogens with zero attached hydrogens (tertiary/aromatic N) is 4. The molecule has 0 amide bonds. The molecule has 5 N–H and O–H groups in total. The van der Waals surface area contributed by atoms with Gasteiger partial charge in [-0.1, -0.05) is 0 Å². The molecule has 2 aromatic heterocycles. The van der Waals surface area contributed by atoms with Crippen LogP contribution < -0.4 is 10.5 Å². The second-order valence-corrected chi connectivity index (χ2v) is 5.61. The number of aliphatic hydroxyl groups excluding tert-OH is 3. The first-order chi connectivity index (χ1) is 10.9. The number of aromatic nitrogens is 4. The Morgan fingerprint density at radius 1 is 1.35 bits per heavy atom. The van der Waals surface area contributed by atoms with Gasteiger partial charge in [-0.25, -0.2) is 4.98 Å². The lowest BCUT2D eigenvalue weighted by atomic mass is 10.1. The van der Waals surface area contributed by atoms with Crippen molar-refractivity contribution in [3.05, 3.63) is 6.33 Å². The van der Waals surface area contributed by atoms with Crippen molar-refractivity contribution >= 4 is 17.1 Å². The van der Waals surface area contributed by atoms with Gasteiger partial charge in [0.1, 0.15) is 18.3 Å². The highest BCUT2D eigenvalue weighted by Gasteiger charge is 2.44. The molecule has 0 radical (unpaired) electrons. The van der Waals surface area contributed by atoms with Gasteiger partial charge in [-0.05, 0) is 13.8 Å². The number of nitrogens with two attached hydrogens (primary N) is 1. The zero-order chi connectivity index (χ0) is 16.7. The third kappa shape index (κ3) is 2.70. The normalized spacial score (nSPS) is 27.9. The first-order valence-electron chi connectivity index (χ1n) is 7.21. The number of anilines is 1. The van der Waals surface area contributed by atoms with Gasteiger partial charge in [0.05, 0.1) is 19.0 Å². The largest absolute Gasteiger partial charge is 0.473 e. The van der Waals surface area contributed by atoms with Crippen LogP contribution in [-0.4, -0.2) is 65.9 Å². The van der Waals surface area contributed by atoms with Crippen LogP contribution in [0, 0.1) is 0 Å².